The number of hydrogen-bond donors (Lipinski definition) is 2. The van der Waals surface area contributed by atoms with Gasteiger partial charge in [0.05, 0.1) is 11.4 Å². The van der Waals surface area contributed by atoms with E-state index >= 15 is 0 Å². The Balaban J connectivity index is 1.49. The van der Waals surface area contributed by atoms with Gasteiger partial charge in [0.2, 0.25) is 5.91 Å². The Morgan fingerprint density at radius 2 is 1.93 bits per heavy atom. The molecule has 4 aromatic rings. The van der Waals surface area contributed by atoms with Crippen molar-refractivity contribution in [2.45, 2.75) is 32.6 Å². The highest BCUT2D eigenvalue weighted by Crippen LogP contribution is 2.32. The van der Waals surface area contributed by atoms with Crippen LogP contribution >= 0.6 is 11.6 Å². The number of nitrogens with one attached hydrogen (secondary N) is 2. The number of amides is 1. The van der Waals surface area contributed by atoms with Crippen LogP contribution < -0.4 is 5.32 Å². The van der Waals surface area contributed by atoms with Crippen molar-refractivity contribution in [1.82, 2.24) is 9.97 Å². The van der Waals surface area contributed by atoms with E-state index in [9.17, 15) is 4.79 Å². The summed E-state index contributed by atoms with van der Waals surface area (Å²) in [5, 5.41) is 4.77. The number of halogens is 1. The van der Waals surface area contributed by atoms with Gasteiger partial charge in [-0.2, -0.15) is 0 Å². The molecule has 0 saturated carbocycles. The van der Waals surface area contributed by atoms with Crippen LogP contribution in [0.25, 0.3) is 22.3 Å². The largest absolute Gasteiger partial charge is 0.353 e. The summed E-state index contributed by atoms with van der Waals surface area (Å²) in [6.07, 6.45) is 4.72. The minimum absolute atomic E-state index is 0.0245. The molecule has 0 fully saturated rings. The number of benzene rings is 2. The Morgan fingerprint density at radius 3 is 2.67 bits per heavy atom. The molecule has 0 saturated heterocycles. The number of rotatable bonds is 7. The topological polar surface area (TPSA) is 57.8 Å². The van der Waals surface area contributed by atoms with Gasteiger partial charge in [-0.05, 0) is 72.9 Å². The van der Waals surface area contributed by atoms with Gasteiger partial charge in [0.1, 0.15) is 0 Å². The van der Waals surface area contributed by atoms with Crippen molar-refractivity contribution in [3.63, 3.8) is 0 Å². The number of aromatic nitrogens is 2. The summed E-state index contributed by atoms with van der Waals surface area (Å²) in [7, 11) is 0. The molecule has 0 radical (unpaired) electrons. The van der Waals surface area contributed by atoms with E-state index in [1.165, 1.54) is 5.56 Å². The van der Waals surface area contributed by atoms with Crippen molar-refractivity contribution in [1.29, 1.82) is 0 Å². The highest BCUT2D eigenvalue weighted by molar-refractivity contribution is 6.31. The standard InChI is InChI=1S/C25H24ClN3O/c1-2-17-9-12-19(13-10-17)28-24(30)8-5-6-20-21-16-18(26)11-14-22(21)29-25(20)23-7-3-4-15-27-23/h3-4,7,9-16,29H,2,5-6,8H2,1H3,(H,28,30). The van der Waals surface area contributed by atoms with Gasteiger partial charge in [0, 0.05) is 34.2 Å². The fraction of sp³-hybridized carbons (Fsp3) is 0.200. The van der Waals surface area contributed by atoms with Crippen LogP contribution in [0.4, 0.5) is 5.69 Å². The van der Waals surface area contributed by atoms with Gasteiger partial charge in [-0.15, -0.1) is 0 Å². The summed E-state index contributed by atoms with van der Waals surface area (Å²) in [6.45, 7) is 2.12. The molecule has 0 aliphatic carbocycles. The van der Waals surface area contributed by atoms with Gasteiger partial charge in [0.15, 0.2) is 0 Å². The minimum Gasteiger partial charge on any atom is -0.353 e. The van der Waals surface area contributed by atoms with Crippen LogP contribution in [0.2, 0.25) is 5.02 Å². The molecule has 0 bridgehead atoms. The number of aryl methyl sites for hydroxylation is 2. The second-order valence-electron chi connectivity index (χ2n) is 7.34. The van der Waals surface area contributed by atoms with Crippen LogP contribution in [0.5, 0.6) is 0 Å². The number of fused-ring (bicyclic) bond motifs is 1. The molecule has 0 unspecified atom stereocenters. The number of pyridine rings is 1. The van der Waals surface area contributed by atoms with Gasteiger partial charge >= 0.3 is 0 Å². The summed E-state index contributed by atoms with van der Waals surface area (Å²) < 4.78 is 0. The smallest absolute Gasteiger partial charge is 0.224 e. The van der Waals surface area contributed by atoms with E-state index in [-0.39, 0.29) is 5.91 Å². The molecule has 0 aliphatic heterocycles. The molecule has 5 heteroatoms. The molecular formula is C25H24ClN3O. The van der Waals surface area contributed by atoms with E-state index in [1.807, 2.05) is 60.7 Å². The molecule has 1 amide bonds. The van der Waals surface area contributed by atoms with Crippen molar-refractivity contribution in [2.75, 3.05) is 5.32 Å². The zero-order valence-electron chi connectivity index (χ0n) is 16.9. The van der Waals surface area contributed by atoms with Gasteiger partial charge in [-0.25, -0.2) is 0 Å². The molecule has 0 aliphatic rings. The summed E-state index contributed by atoms with van der Waals surface area (Å²) in [5.74, 6) is 0.0245. The van der Waals surface area contributed by atoms with Crippen molar-refractivity contribution < 1.29 is 4.79 Å². The third-order valence-corrected chi connectivity index (χ3v) is 5.50. The minimum atomic E-state index is 0.0245. The number of hydrogen-bond acceptors (Lipinski definition) is 2. The van der Waals surface area contributed by atoms with Crippen LogP contribution in [0, 0.1) is 0 Å². The number of nitrogens with zero attached hydrogens (tertiary/aromatic N) is 1. The zero-order chi connectivity index (χ0) is 20.9. The van der Waals surface area contributed by atoms with Gasteiger partial charge in [0.25, 0.3) is 0 Å². The molecule has 4 nitrogen and oxygen atoms in total. The van der Waals surface area contributed by atoms with E-state index < -0.39 is 0 Å². The number of H-pyrrole nitrogens is 1. The predicted molar refractivity (Wildman–Crippen MR) is 124 cm³/mol. The third kappa shape index (κ3) is 4.55. The maximum Gasteiger partial charge on any atom is 0.224 e. The SMILES string of the molecule is CCc1ccc(NC(=O)CCCc2c(-c3ccccn3)[nH]c3ccc(Cl)cc23)cc1. The lowest BCUT2D eigenvalue weighted by Crippen LogP contribution is -2.11. The predicted octanol–water partition coefficient (Wildman–Crippen LogP) is 6.41. The molecular weight excluding hydrogens is 394 g/mol. The fourth-order valence-electron chi connectivity index (χ4n) is 3.68. The summed E-state index contributed by atoms with van der Waals surface area (Å²) >= 11 is 6.25. The maximum absolute atomic E-state index is 12.4. The van der Waals surface area contributed by atoms with Crippen molar-refractivity contribution in [2.24, 2.45) is 0 Å². The van der Waals surface area contributed by atoms with Gasteiger partial charge in [-0.1, -0.05) is 36.7 Å². The Kier molecular flexibility index (Phi) is 6.15. The molecule has 2 aromatic carbocycles. The molecule has 2 N–H and O–H groups in total. The van der Waals surface area contributed by atoms with Crippen LogP contribution in [-0.4, -0.2) is 15.9 Å². The lowest BCUT2D eigenvalue weighted by molar-refractivity contribution is -0.116. The first kappa shape index (κ1) is 20.2. The molecule has 4 rings (SSSR count). The Labute approximate surface area is 181 Å². The lowest BCUT2D eigenvalue weighted by atomic mass is 10.0. The average molecular weight is 418 g/mol. The number of anilines is 1. The molecule has 2 aromatic heterocycles. The van der Waals surface area contributed by atoms with Crippen molar-refractivity contribution in [3.05, 3.63) is 83.0 Å². The number of carbonyl (C=O) groups is 1. The van der Waals surface area contributed by atoms with E-state index in [0.29, 0.717) is 11.4 Å². The highest BCUT2D eigenvalue weighted by atomic mass is 35.5. The Bertz CT molecular complexity index is 1150. The van der Waals surface area contributed by atoms with E-state index in [4.69, 9.17) is 11.6 Å². The summed E-state index contributed by atoms with van der Waals surface area (Å²) in [5.41, 5.74) is 6.14. The highest BCUT2D eigenvalue weighted by Gasteiger charge is 2.15. The number of carbonyl (C=O) groups excluding carboxylic acids is 1. The quantitative estimate of drug-likeness (QED) is 0.365. The Morgan fingerprint density at radius 1 is 1.10 bits per heavy atom. The molecule has 0 spiro atoms. The van der Waals surface area contributed by atoms with Crippen LogP contribution in [0.3, 0.4) is 0 Å². The normalized spacial score (nSPS) is 11.0. The number of aromatic amines is 1. The van der Waals surface area contributed by atoms with Crippen molar-refractivity contribution >= 4 is 34.1 Å². The average Bonchev–Trinajstić information content (AvgIpc) is 3.12. The summed E-state index contributed by atoms with van der Waals surface area (Å²) in [4.78, 5) is 20.4. The van der Waals surface area contributed by atoms with Crippen molar-refractivity contribution in [3.8, 4) is 11.4 Å². The molecule has 152 valence electrons. The first-order chi connectivity index (χ1) is 14.6. The van der Waals surface area contributed by atoms with Crippen LogP contribution in [0.15, 0.2) is 66.9 Å². The second-order valence-corrected chi connectivity index (χ2v) is 7.77. The second kappa shape index (κ2) is 9.14. The zero-order valence-corrected chi connectivity index (χ0v) is 17.7. The van der Waals surface area contributed by atoms with E-state index in [1.54, 1.807) is 6.20 Å². The van der Waals surface area contributed by atoms with Crippen LogP contribution in [-0.2, 0) is 17.6 Å². The van der Waals surface area contributed by atoms with E-state index in [0.717, 1.165) is 52.8 Å². The monoisotopic (exact) mass is 417 g/mol. The lowest BCUT2D eigenvalue weighted by Gasteiger charge is -2.07. The molecule has 0 atom stereocenters. The third-order valence-electron chi connectivity index (χ3n) is 5.27. The molecule has 30 heavy (non-hydrogen) atoms. The Hall–Kier alpha value is -3.11. The van der Waals surface area contributed by atoms with Gasteiger partial charge in [-0.3, -0.25) is 9.78 Å². The van der Waals surface area contributed by atoms with Gasteiger partial charge < -0.3 is 10.3 Å². The van der Waals surface area contributed by atoms with E-state index in [2.05, 4.69) is 22.2 Å². The maximum atomic E-state index is 12.4. The summed E-state index contributed by atoms with van der Waals surface area (Å²) in [6, 6.07) is 19.7. The first-order valence-electron chi connectivity index (χ1n) is 10.2. The first-order valence-corrected chi connectivity index (χ1v) is 10.6. The van der Waals surface area contributed by atoms with Crippen LogP contribution in [0.1, 0.15) is 30.9 Å². The molecule has 2 heterocycles. The fourth-order valence-corrected chi connectivity index (χ4v) is 3.85.